The van der Waals surface area contributed by atoms with Crippen LogP contribution in [-0.4, -0.2) is 69.0 Å². The van der Waals surface area contributed by atoms with E-state index in [2.05, 4.69) is 5.32 Å². The predicted molar refractivity (Wildman–Crippen MR) is 67.6 cm³/mol. The van der Waals surface area contributed by atoms with Crippen LogP contribution in [-0.2, 0) is 14.9 Å². The Bertz CT molecular complexity index is 332. The fraction of sp³-hybridized carbons (Fsp3) is 1.00. The second kappa shape index (κ2) is 6.31. The van der Waals surface area contributed by atoms with Crippen LogP contribution in [0.1, 0.15) is 6.92 Å². The summed E-state index contributed by atoms with van der Waals surface area (Å²) in [4.78, 5) is 0. The Morgan fingerprint density at radius 3 is 2.41 bits per heavy atom. The van der Waals surface area contributed by atoms with Gasteiger partial charge in [-0.3, -0.25) is 0 Å². The number of halogens is 1. The zero-order valence-corrected chi connectivity index (χ0v) is 11.6. The highest BCUT2D eigenvalue weighted by Gasteiger charge is 2.33. The lowest BCUT2D eigenvalue weighted by Crippen LogP contribution is -2.56. The number of morpholine rings is 1. The number of piperazine rings is 1. The summed E-state index contributed by atoms with van der Waals surface area (Å²) in [7, 11) is -3.27. The van der Waals surface area contributed by atoms with E-state index in [1.54, 1.807) is 4.31 Å². The van der Waals surface area contributed by atoms with E-state index in [0.29, 0.717) is 39.4 Å². The van der Waals surface area contributed by atoms with Gasteiger partial charge in [0, 0.05) is 38.8 Å². The molecule has 0 aromatic rings. The van der Waals surface area contributed by atoms with Crippen LogP contribution < -0.4 is 5.32 Å². The highest BCUT2D eigenvalue weighted by molar-refractivity contribution is 7.86. The fourth-order valence-electron chi connectivity index (χ4n) is 2.05. The van der Waals surface area contributed by atoms with Gasteiger partial charge in [0.25, 0.3) is 10.2 Å². The molecule has 6 nitrogen and oxygen atoms in total. The Morgan fingerprint density at radius 1 is 1.18 bits per heavy atom. The van der Waals surface area contributed by atoms with Crippen LogP contribution in [0.15, 0.2) is 0 Å². The summed E-state index contributed by atoms with van der Waals surface area (Å²) in [5.41, 5.74) is 0. The summed E-state index contributed by atoms with van der Waals surface area (Å²) in [6.07, 6.45) is 0. The van der Waals surface area contributed by atoms with Crippen LogP contribution >= 0.6 is 12.4 Å². The molecule has 0 saturated carbocycles. The molecule has 8 heteroatoms. The van der Waals surface area contributed by atoms with Gasteiger partial charge in [-0.1, -0.05) is 0 Å². The molecule has 0 radical (unpaired) electrons. The number of nitrogens with zero attached hydrogens (tertiary/aromatic N) is 2. The lowest BCUT2D eigenvalue weighted by Gasteiger charge is -2.36. The van der Waals surface area contributed by atoms with E-state index in [1.165, 1.54) is 4.31 Å². The molecule has 1 N–H and O–H groups in total. The molecule has 2 saturated heterocycles. The normalized spacial score (nSPS) is 28.6. The second-order valence-electron chi connectivity index (χ2n) is 4.23. The Labute approximate surface area is 109 Å². The van der Waals surface area contributed by atoms with E-state index < -0.39 is 10.2 Å². The maximum absolute atomic E-state index is 12.3. The standard InChI is InChI=1S/C9H19N3O3S.ClH/c1-9-8-12(3-2-10-9)16(13,14)11-4-6-15-7-5-11;/h9-10H,2-8H2,1H3;1H/t9-;/m1./s1. The molecular weight excluding hydrogens is 266 g/mol. The third-order valence-electron chi connectivity index (χ3n) is 2.95. The van der Waals surface area contributed by atoms with Gasteiger partial charge in [0.2, 0.25) is 0 Å². The van der Waals surface area contributed by atoms with Gasteiger partial charge in [-0.25, -0.2) is 0 Å². The molecular formula is C9H20ClN3O3S. The minimum atomic E-state index is -3.27. The number of hydrogen-bond acceptors (Lipinski definition) is 4. The van der Waals surface area contributed by atoms with Crippen LogP contribution in [0.4, 0.5) is 0 Å². The molecule has 2 fully saturated rings. The largest absolute Gasteiger partial charge is 0.379 e. The van der Waals surface area contributed by atoms with E-state index in [1.807, 2.05) is 6.92 Å². The minimum Gasteiger partial charge on any atom is -0.379 e. The molecule has 0 aromatic carbocycles. The van der Waals surface area contributed by atoms with Crippen molar-refractivity contribution in [1.82, 2.24) is 13.9 Å². The van der Waals surface area contributed by atoms with Gasteiger partial charge in [0.15, 0.2) is 0 Å². The van der Waals surface area contributed by atoms with E-state index in [0.717, 1.165) is 6.54 Å². The molecule has 102 valence electrons. The van der Waals surface area contributed by atoms with Crippen LogP contribution in [0.25, 0.3) is 0 Å². The first-order valence-corrected chi connectivity index (χ1v) is 7.07. The summed E-state index contributed by atoms with van der Waals surface area (Å²) >= 11 is 0. The summed E-state index contributed by atoms with van der Waals surface area (Å²) in [5, 5.41) is 3.24. The van der Waals surface area contributed by atoms with Gasteiger partial charge in [-0.2, -0.15) is 17.0 Å². The van der Waals surface area contributed by atoms with E-state index in [4.69, 9.17) is 4.74 Å². The maximum atomic E-state index is 12.3. The first-order valence-electron chi connectivity index (χ1n) is 5.67. The van der Waals surface area contributed by atoms with Gasteiger partial charge in [-0.05, 0) is 6.92 Å². The topological polar surface area (TPSA) is 61.9 Å². The molecule has 2 aliphatic heterocycles. The fourth-order valence-corrected chi connectivity index (χ4v) is 3.72. The third-order valence-corrected chi connectivity index (χ3v) is 4.96. The molecule has 0 unspecified atom stereocenters. The summed E-state index contributed by atoms with van der Waals surface area (Å²) in [6.45, 7) is 5.79. The Morgan fingerprint density at radius 2 is 1.82 bits per heavy atom. The molecule has 0 bridgehead atoms. The van der Waals surface area contributed by atoms with Gasteiger partial charge in [0.1, 0.15) is 0 Å². The summed E-state index contributed by atoms with van der Waals surface area (Å²) < 4.78 is 32.8. The Kier molecular flexibility index (Phi) is 5.62. The number of hydrogen-bond donors (Lipinski definition) is 1. The van der Waals surface area contributed by atoms with Gasteiger partial charge in [-0.15, -0.1) is 12.4 Å². The maximum Gasteiger partial charge on any atom is 0.282 e. The van der Waals surface area contributed by atoms with Crippen molar-refractivity contribution in [2.75, 3.05) is 45.9 Å². The predicted octanol–water partition coefficient (Wildman–Crippen LogP) is -0.721. The average Bonchev–Trinajstić information content (AvgIpc) is 2.30. The molecule has 0 aromatic heterocycles. The van der Waals surface area contributed by atoms with Crippen LogP contribution in [0.2, 0.25) is 0 Å². The molecule has 2 aliphatic rings. The summed E-state index contributed by atoms with van der Waals surface area (Å²) in [5.74, 6) is 0. The van der Waals surface area contributed by atoms with E-state index in [-0.39, 0.29) is 18.4 Å². The smallest absolute Gasteiger partial charge is 0.282 e. The highest BCUT2D eigenvalue weighted by atomic mass is 35.5. The van der Waals surface area contributed by atoms with Crippen molar-refractivity contribution in [2.45, 2.75) is 13.0 Å². The van der Waals surface area contributed by atoms with E-state index in [9.17, 15) is 8.42 Å². The van der Waals surface area contributed by atoms with Crippen molar-refractivity contribution < 1.29 is 13.2 Å². The van der Waals surface area contributed by atoms with Gasteiger partial charge >= 0.3 is 0 Å². The number of ether oxygens (including phenoxy) is 1. The zero-order chi connectivity index (χ0) is 11.6. The van der Waals surface area contributed by atoms with Crippen LogP contribution in [0.3, 0.4) is 0 Å². The highest BCUT2D eigenvalue weighted by Crippen LogP contribution is 2.13. The number of rotatable bonds is 2. The molecule has 0 amide bonds. The van der Waals surface area contributed by atoms with Crippen molar-refractivity contribution in [3.8, 4) is 0 Å². The van der Waals surface area contributed by atoms with Crippen molar-refractivity contribution in [2.24, 2.45) is 0 Å². The first-order chi connectivity index (χ1) is 7.60. The van der Waals surface area contributed by atoms with Crippen molar-refractivity contribution >= 4 is 22.6 Å². The molecule has 2 heterocycles. The van der Waals surface area contributed by atoms with Crippen LogP contribution in [0.5, 0.6) is 0 Å². The van der Waals surface area contributed by atoms with Gasteiger partial charge < -0.3 is 10.1 Å². The lowest BCUT2D eigenvalue weighted by atomic mass is 10.3. The Balaban J connectivity index is 0.00000144. The average molecular weight is 286 g/mol. The van der Waals surface area contributed by atoms with Crippen LogP contribution in [0, 0.1) is 0 Å². The van der Waals surface area contributed by atoms with Crippen molar-refractivity contribution in [3.05, 3.63) is 0 Å². The second-order valence-corrected chi connectivity index (χ2v) is 6.16. The van der Waals surface area contributed by atoms with Crippen molar-refractivity contribution in [1.29, 1.82) is 0 Å². The Hall–Kier alpha value is 0.0800. The lowest BCUT2D eigenvalue weighted by molar-refractivity contribution is 0.0695. The zero-order valence-electron chi connectivity index (χ0n) is 9.96. The number of nitrogens with one attached hydrogen (secondary N) is 1. The first kappa shape index (κ1) is 15.1. The minimum absolute atomic E-state index is 0. The molecule has 0 spiro atoms. The van der Waals surface area contributed by atoms with Crippen molar-refractivity contribution in [3.63, 3.8) is 0 Å². The molecule has 17 heavy (non-hydrogen) atoms. The SMILES string of the molecule is C[C@@H]1CN(S(=O)(=O)N2CCOCC2)CCN1.Cl. The summed E-state index contributed by atoms with van der Waals surface area (Å²) in [6, 6.07) is 0.226. The van der Waals surface area contributed by atoms with E-state index >= 15 is 0 Å². The van der Waals surface area contributed by atoms with Gasteiger partial charge in [0.05, 0.1) is 13.2 Å². The quantitative estimate of drug-likeness (QED) is 0.727. The molecule has 1 atom stereocenters. The third kappa shape index (κ3) is 3.52. The monoisotopic (exact) mass is 285 g/mol. The molecule has 0 aliphatic carbocycles. The molecule has 2 rings (SSSR count).